The lowest BCUT2D eigenvalue weighted by molar-refractivity contribution is -0.155. The Kier molecular flexibility index (Phi) is 8.66. The van der Waals surface area contributed by atoms with Gasteiger partial charge in [-0.2, -0.15) is 0 Å². The van der Waals surface area contributed by atoms with Gasteiger partial charge in [0.05, 0.1) is 19.2 Å². The minimum absolute atomic E-state index is 0.137. The molecule has 0 heterocycles. The Morgan fingerprint density at radius 1 is 0.886 bits per heavy atom. The van der Waals surface area contributed by atoms with Gasteiger partial charge < -0.3 is 14.2 Å². The molecule has 0 aliphatic rings. The van der Waals surface area contributed by atoms with Gasteiger partial charge in [0.2, 0.25) is 0 Å². The van der Waals surface area contributed by atoms with Gasteiger partial charge >= 0.3 is 5.97 Å². The summed E-state index contributed by atoms with van der Waals surface area (Å²) in [4.78, 5) is 27.3. The molecule has 0 saturated carbocycles. The summed E-state index contributed by atoms with van der Waals surface area (Å²) in [6.07, 6.45) is 0. The molecule has 6 heteroatoms. The third kappa shape index (κ3) is 7.42. The highest BCUT2D eigenvalue weighted by Crippen LogP contribution is 2.37. The van der Waals surface area contributed by atoms with Crippen LogP contribution in [-0.2, 0) is 9.53 Å². The zero-order valence-corrected chi connectivity index (χ0v) is 21.0. The van der Waals surface area contributed by atoms with Crippen LogP contribution in [0.4, 0.5) is 0 Å². The van der Waals surface area contributed by atoms with Crippen molar-refractivity contribution in [1.82, 2.24) is 4.90 Å². The monoisotopic (exact) mass is 475 g/mol. The van der Waals surface area contributed by atoms with Crippen LogP contribution in [0.25, 0.3) is 11.1 Å². The maximum atomic E-state index is 13.4. The normalized spacial score (nSPS) is 11.3. The molecule has 0 atom stereocenters. The quantitative estimate of drug-likeness (QED) is 0.295. The number of methoxy groups -OCH3 is 1. The molecule has 0 fully saturated rings. The third-order valence-corrected chi connectivity index (χ3v) is 5.22. The van der Waals surface area contributed by atoms with Crippen LogP contribution in [0.15, 0.2) is 72.8 Å². The molecule has 0 radical (unpaired) electrons. The van der Waals surface area contributed by atoms with Crippen LogP contribution in [0.2, 0.25) is 0 Å². The van der Waals surface area contributed by atoms with E-state index in [9.17, 15) is 9.59 Å². The maximum Gasteiger partial charge on any atom is 0.320 e. The smallest absolute Gasteiger partial charge is 0.320 e. The van der Waals surface area contributed by atoms with Gasteiger partial charge in [-0.1, -0.05) is 60.7 Å². The summed E-state index contributed by atoms with van der Waals surface area (Å²) >= 11 is 0. The van der Waals surface area contributed by atoms with Gasteiger partial charge in [-0.05, 0) is 39.4 Å². The summed E-state index contributed by atoms with van der Waals surface area (Å²) in [5, 5.41) is 0. The molecule has 3 rings (SSSR count). The molecule has 0 aromatic heterocycles. The Labute approximate surface area is 207 Å². The van der Waals surface area contributed by atoms with E-state index < -0.39 is 5.60 Å². The highest BCUT2D eigenvalue weighted by Gasteiger charge is 2.21. The largest absolute Gasteiger partial charge is 0.496 e. The first-order chi connectivity index (χ1) is 16.7. The van der Waals surface area contributed by atoms with Gasteiger partial charge in [0, 0.05) is 23.7 Å². The van der Waals surface area contributed by atoms with Gasteiger partial charge in [0.15, 0.2) is 5.78 Å². The highest BCUT2D eigenvalue weighted by atomic mass is 16.6. The first-order valence-corrected chi connectivity index (χ1v) is 11.6. The van der Waals surface area contributed by atoms with Gasteiger partial charge in [0.25, 0.3) is 0 Å². The number of hydrogen-bond donors (Lipinski definition) is 0. The van der Waals surface area contributed by atoms with Crippen molar-refractivity contribution in [3.63, 3.8) is 0 Å². The van der Waals surface area contributed by atoms with Crippen molar-refractivity contribution < 1.29 is 23.8 Å². The lowest BCUT2D eigenvalue weighted by Crippen LogP contribution is -2.34. The van der Waals surface area contributed by atoms with Crippen LogP contribution in [0.3, 0.4) is 0 Å². The Hall–Kier alpha value is -3.64. The summed E-state index contributed by atoms with van der Waals surface area (Å²) in [7, 11) is 3.42. The summed E-state index contributed by atoms with van der Waals surface area (Å²) < 4.78 is 17.1. The molecule has 0 bridgehead atoms. The number of carbonyl (C=O) groups is 2. The number of esters is 1. The average molecular weight is 476 g/mol. The van der Waals surface area contributed by atoms with Crippen LogP contribution in [0, 0.1) is 0 Å². The summed E-state index contributed by atoms with van der Waals surface area (Å²) in [5.41, 5.74) is 2.24. The summed E-state index contributed by atoms with van der Waals surface area (Å²) in [6.45, 7) is 6.42. The Morgan fingerprint density at radius 3 is 2.11 bits per heavy atom. The van der Waals surface area contributed by atoms with Crippen molar-refractivity contribution in [3.05, 3.63) is 83.9 Å². The van der Waals surface area contributed by atoms with Crippen molar-refractivity contribution in [3.8, 4) is 22.6 Å². The van der Waals surface area contributed by atoms with E-state index in [-0.39, 0.29) is 24.9 Å². The fourth-order valence-corrected chi connectivity index (χ4v) is 3.60. The summed E-state index contributed by atoms with van der Waals surface area (Å²) in [5.74, 6) is 0.607. The van der Waals surface area contributed by atoms with E-state index in [1.54, 1.807) is 25.3 Å². The van der Waals surface area contributed by atoms with E-state index in [2.05, 4.69) is 0 Å². The molecule has 0 saturated heterocycles. The van der Waals surface area contributed by atoms with Crippen molar-refractivity contribution in [2.45, 2.75) is 26.4 Å². The lowest BCUT2D eigenvalue weighted by Gasteiger charge is -2.22. The third-order valence-electron chi connectivity index (χ3n) is 5.22. The number of nitrogens with zero attached hydrogens (tertiary/aromatic N) is 1. The SMILES string of the molecule is COc1cc(OCCN(C)CC(=O)OC(C)(C)C)c(C(=O)c2ccccc2)cc1-c1ccccc1. The van der Waals surface area contributed by atoms with Gasteiger partial charge in [0.1, 0.15) is 23.7 Å². The number of ether oxygens (including phenoxy) is 3. The van der Waals surface area contributed by atoms with Gasteiger partial charge in [-0.15, -0.1) is 0 Å². The Balaban J connectivity index is 1.84. The fourth-order valence-electron chi connectivity index (χ4n) is 3.60. The molecule has 6 nitrogen and oxygen atoms in total. The zero-order valence-electron chi connectivity index (χ0n) is 21.0. The van der Waals surface area contributed by atoms with Gasteiger partial charge in [-0.25, -0.2) is 0 Å². The fraction of sp³-hybridized carbons (Fsp3) is 0.310. The molecular weight excluding hydrogens is 442 g/mol. The number of benzene rings is 3. The van der Waals surface area contributed by atoms with E-state index in [0.29, 0.717) is 29.2 Å². The number of hydrogen-bond acceptors (Lipinski definition) is 6. The van der Waals surface area contributed by atoms with E-state index in [4.69, 9.17) is 14.2 Å². The minimum Gasteiger partial charge on any atom is -0.496 e. The van der Waals surface area contributed by atoms with Gasteiger partial charge in [-0.3, -0.25) is 14.5 Å². The predicted octanol–water partition coefficient (Wildman–Crippen LogP) is 5.25. The first kappa shape index (κ1) is 26.0. The van der Waals surface area contributed by atoms with Crippen LogP contribution >= 0.6 is 0 Å². The second-order valence-electron chi connectivity index (χ2n) is 9.28. The van der Waals surface area contributed by atoms with E-state index in [1.807, 2.05) is 87.3 Å². The zero-order chi connectivity index (χ0) is 25.4. The van der Waals surface area contributed by atoms with Crippen LogP contribution in [-0.4, -0.2) is 56.1 Å². The van der Waals surface area contributed by atoms with Crippen molar-refractivity contribution in [2.24, 2.45) is 0 Å². The lowest BCUT2D eigenvalue weighted by atomic mass is 9.96. The van der Waals surface area contributed by atoms with Crippen LogP contribution < -0.4 is 9.47 Å². The number of rotatable bonds is 10. The van der Waals surface area contributed by atoms with Crippen molar-refractivity contribution in [1.29, 1.82) is 0 Å². The van der Waals surface area contributed by atoms with Crippen molar-refractivity contribution in [2.75, 3.05) is 33.9 Å². The Morgan fingerprint density at radius 2 is 1.51 bits per heavy atom. The second-order valence-corrected chi connectivity index (χ2v) is 9.28. The van der Waals surface area contributed by atoms with E-state index >= 15 is 0 Å². The molecule has 3 aromatic carbocycles. The minimum atomic E-state index is -0.530. The van der Waals surface area contributed by atoms with Crippen LogP contribution in [0.5, 0.6) is 11.5 Å². The highest BCUT2D eigenvalue weighted by molar-refractivity contribution is 6.11. The number of ketones is 1. The van der Waals surface area contributed by atoms with Crippen LogP contribution in [0.1, 0.15) is 36.7 Å². The molecule has 0 spiro atoms. The van der Waals surface area contributed by atoms with Crippen molar-refractivity contribution >= 4 is 11.8 Å². The Bertz CT molecular complexity index is 1140. The second kappa shape index (κ2) is 11.7. The van der Waals surface area contributed by atoms with E-state index in [0.717, 1.165) is 11.1 Å². The number of carbonyl (C=O) groups excluding carboxylic acids is 2. The summed E-state index contributed by atoms with van der Waals surface area (Å²) in [6, 6.07) is 22.5. The molecule has 0 aliphatic heterocycles. The molecule has 0 aliphatic carbocycles. The standard InChI is InChI=1S/C29H33NO5/c1-29(2,3)35-27(31)20-30(4)16-17-34-26-19-25(33-5)23(21-12-8-6-9-13-21)18-24(26)28(32)22-14-10-7-11-15-22/h6-15,18-19H,16-17,20H2,1-5H3. The maximum absolute atomic E-state index is 13.4. The molecule has 184 valence electrons. The first-order valence-electron chi connectivity index (χ1n) is 11.6. The number of likely N-dealkylation sites (N-methyl/N-ethyl adjacent to an activating group) is 1. The molecular formula is C29H33NO5. The molecule has 0 amide bonds. The van der Waals surface area contributed by atoms with E-state index in [1.165, 1.54) is 0 Å². The molecule has 35 heavy (non-hydrogen) atoms. The predicted molar refractivity (Wildman–Crippen MR) is 137 cm³/mol. The average Bonchev–Trinajstić information content (AvgIpc) is 2.83. The topological polar surface area (TPSA) is 65.1 Å². The molecule has 0 N–H and O–H groups in total. The molecule has 0 unspecified atom stereocenters. The molecule has 3 aromatic rings.